The van der Waals surface area contributed by atoms with Crippen molar-refractivity contribution >= 4 is 0 Å². The van der Waals surface area contributed by atoms with E-state index in [4.69, 9.17) is 4.74 Å². The molecule has 106 valence electrons. The summed E-state index contributed by atoms with van der Waals surface area (Å²) in [5.74, 6) is 0.964. The first-order valence-electron chi connectivity index (χ1n) is 7.25. The molecule has 1 aromatic heterocycles. The minimum atomic E-state index is 0.468. The minimum Gasteiger partial charge on any atom is -0.492 e. The van der Waals surface area contributed by atoms with E-state index < -0.39 is 0 Å². The van der Waals surface area contributed by atoms with Crippen LogP contribution in [0.1, 0.15) is 30.0 Å². The predicted molar refractivity (Wildman–Crippen MR) is 78.9 cm³/mol. The molecule has 0 aliphatic heterocycles. The van der Waals surface area contributed by atoms with E-state index in [9.17, 15) is 0 Å². The summed E-state index contributed by atoms with van der Waals surface area (Å²) in [4.78, 5) is 4.03. The van der Waals surface area contributed by atoms with Crippen molar-refractivity contribution in [3.05, 3.63) is 48.0 Å². The number of rotatable bonds is 5. The van der Waals surface area contributed by atoms with Crippen LogP contribution in [0.3, 0.4) is 0 Å². The van der Waals surface area contributed by atoms with Crippen LogP contribution in [0.15, 0.2) is 36.9 Å². The molecule has 4 nitrogen and oxygen atoms in total. The second-order valence-electron chi connectivity index (χ2n) is 5.24. The molecule has 0 saturated carbocycles. The van der Waals surface area contributed by atoms with Gasteiger partial charge in [0.15, 0.2) is 0 Å². The van der Waals surface area contributed by atoms with E-state index >= 15 is 0 Å². The molecule has 0 bridgehead atoms. The minimum absolute atomic E-state index is 0.468. The third kappa shape index (κ3) is 2.85. The van der Waals surface area contributed by atoms with Gasteiger partial charge >= 0.3 is 0 Å². The second kappa shape index (κ2) is 6.09. The van der Waals surface area contributed by atoms with Gasteiger partial charge in [-0.1, -0.05) is 6.07 Å². The van der Waals surface area contributed by atoms with Gasteiger partial charge in [-0.2, -0.15) is 0 Å². The quantitative estimate of drug-likeness (QED) is 0.908. The molecule has 0 amide bonds. The Morgan fingerprint density at radius 3 is 3.20 bits per heavy atom. The molecule has 1 N–H and O–H groups in total. The summed E-state index contributed by atoms with van der Waals surface area (Å²) in [7, 11) is 2.03. The maximum absolute atomic E-state index is 5.86. The van der Waals surface area contributed by atoms with Crippen LogP contribution < -0.4 is 10.1 Å². The normalized spacial score (nSPS) is 17.8. The fraction of sp³-hybridized carbons (Fsp3) is 0.438. The Kier molecular flexibility index (Phi) is 4.02. The van der Waals surface area contributed by atoms with Crippen molar-refractivity contribution in [3.63, 3.8) is 0 Å². The third-order valence-corrected chi connectivity index (χ3v) is 3.96. The summed E-state index contributed by atoms with van der Waals surface area (Å²) < 4.78 is 7.88. The van der Waals surface area contributed by atoms with Crippen LogP contribution in [-0.4, -0.2) is 23.2 Å². The number of hydrogen-bond donors (Lipinski definition) is 1. The molecule has 0 spiro atoms. The highest BCUT2D eigenvalue weighted by molar-refractivity contribution is 5.39. The molecule has 0 fully saturated rings. The van der Waals surface area contributed by atoms with Gasteiger partial charge in [0.05, 0.1) is 12.9 Å². The van der Waals surface area contributed by atoms with Gasteiger partial charge < -0.3 is 14.6 Å². The Hall–Kier alpha value is -1.81. The molecule has 0 saturated heterocycles. The van der Waals surface area contributed by atoms with Crippen molar-refractivity contribution in [3.8, 4) is 5.75 Å². The Bertz CT molecular complexity index is 551. The average molecular weight is 271 g/mol. The van der Waals surface area contributed by atoms with Gasteiger partial charge in [-0.05, 0) is 49.6 Å². The monoisotopic (exact) mass is 271 g/mol. The highest BCUT2D eigenvalue weighted by atomic mass is 16.5. The van der Waals surface area contributed by atoms with E-state index in [1.807, 2.05) is 24.1 Å². The van der Waals surface area contributed by atoms with Gasteiger partial charge in [-0.3, -0.25) is 0 Å². The molecule has 3 rings (SSSR count). The molecular weight excluding hydrogens is 250 g/mol. The van der Waals surface area contributed by atoms with Crippen LogP contribution in [0, 0.1) is 0 Å². The molecule has 1 aliphatic rings. The highest BCUT2D eigenvalue weighted by Crippen LogP contribution is 2.32. The van der Waals surface area contributed by atoms with Gasteiger partial charge in [-0.15, -0.1) is 0 Å². The summed E-state index contributed by atoms with van der Waals surface area (Å²) in [6.45, 7) is 1.49. The average Bonchev–Trinajstić information content (AvgIpc) is 3.00. The van der Waals surface area contributed by atoms with Crippen LogP contribution in [-0.2, 0) is 13.0 Å². The lowest BCUT2D eigenvalue weighted by molar-refractivity contribution is 0.297. The Morgan fingerprint density at radius 1 is 1.45 bits per heavy atom. The summed E-state index contributed by atoms with van der Waals surface area (Å²) in [5, 5.41) is 3.40. The molecule has 1 heterocycles. The lowest BCUT2D eigenvalue weighted by Crippen LogP contribution is -2.21. The van der Waals surface area contributed by atoms with Crippen molar-refractivity contribution in [2.24, 2.45) is 0 Å². The zero-order valence-corrected chi connectivity index (χ0v) is 11.9. The first-order valence-corrected chi connectivity index (χ1v) is 7.25. The predicted octanol–water partition coefficient (Wildman–Crippen LogP) is 2.56. The molecule has 1 atom stereocenters. The topological polar surface area (TPSA) is 39.1 Å². The number of benzene rings is 1. The molecule has 1 aromatic carbocycles. The van der Waals surface area contributed by atoms with Crippen molar-refractivity contribution in [2.75, 3.05) is 13.7 Å². The van der Waals surface area contributed by atoms with Crippen LogP contribution >= 0.6 is 0 Å². The maximum Gasteiger partial charge on any atom is 0.119 e. The zero-order chi connectivity index (χ0) is 13.8. The summed E-state index contributed by atoms with van der Waals surface area (Å²) in [6.07, 6.45) is 9.21. The SMILES string of the molecule is CNC1CCCc2ccc(OCCn3ccnc3)cc21. The number of aryl methyl sites for hydroxylation is 1. The molecule has 0 radical (unpaired) electrons. The standard InChI is InChI=1S/C16H21N3O/c1-17-16-4-2-3-13-5-6-14(11-15(13)16)20-10-9-19-8-7-18-12-19/h5-8,11-12,16-17H,2-4,9-10H2,1H3. The first kappa shape index (κ1) is 13.2. The summed E-state index contributed by atoms with van der Waals surface area (Å²) >= 11 is 0. The fourth-order valence-corrected chi connectivity index (χ4v) is 2.85. The van der Waals surface area contributed by atoms with E-state index in [0.29, 0.717) is 12.6 Å². The van der Waals surface area contributed by atoms with Gasteiger partial charge in [0.25, 0.3) is 0 Å². The van der Waals surface area contributed by atoms with E-state index in [-0.39, 0.29) is 0 Å². The number of fused-ring (bicyclic) bond motifs is 1. The number of nitrogens with one attached hydrogen (secondary N) is 1. The number of hydrogen-bond acceptors (Lipinski definition) is 3. The van der Waals surface area contributed by atoms with Gasteiger partial charge in [0, 0.05) is 18.4 Å². The largest absolute Gasteiger partial charge is 0.492 e. The number of nitrogens with zero attached hydrogens (tertiary/aromatic N) is 2. The molecule has 20 heavy (non-hydrogen) atoms. The highest BCUT2D eigenvalue weighted by Gasteiger charge is 2.19. The van der Waals surface area contributed by atoms with E-state index in [0.717, 1.165) is 12.3 Å². The number of aromatic nitrogens is 2. The Balaban J connectivity index is 1.65. The first-order chi connectivity index (χ1) is 9.86. The number of ether oxygens (including phenoxy) is 1. The van der Waals surface area contributed by atoms with Crippen LogP contribution in [0.25, 0.3) is 0 Å². The van der Waals surface area contributed by atoms with Gasteiger partial charge in [0.1, 0.15) is 12.4 Å². The van der Waals surface area contributed by atoms with Crippen LogP contribution in [0.2, 0.25) is 0 Å². The smallest absolute Gasteiger partial charge is 0.119 e. The molecule has 1 unspecified atom stereocenters. The van der Waals surface area contributed by atoms with E-state index in [2.05, 4.69) is 28.5 Å². The zero-order valence-electron chi connectivity index (χ0n) is 11.9. The summed E-state index contributed by atoms with van der Waals surface area (Å²) in [5.41, 5.74) is 2.86. The van der Waals surface area contributed by atoms with Crippen molar-refractivity contribution in [1.29, 1.82) is 0 Å². The van der Waals surface area contributed by atoms with E-state index in [1.54, 1.807) is 6.20 Å². The lowest BCUT2D eigenvalue weighted by atomic mass is 9.87. The Labute approximate surface area is 119 Å². The van der Waals surface area contributed by atoms with Gasteiger partial charge in [-0.25, -0.2) is 4.98 Å². The maximum atomic E-state index is 5.86. The van der Waals surface area contributed by atoms with Crippen LogP contribution in [0.5, 0.6) is 5.75 Å². The Morgan fingerprint density at radius 2 is 2.40 bits per heavy atom. The fourth-order valence-electron chi connectivity index (χ4n) is 2.85. The summed E-state index contributed by atoms with van der Waals surface area (Å²) in [6, 6.07) is 6.97. The van der Waals surface area contributed by atoms with Crippen LogP contribution in [0.4, 0.5) is 0 Å². The van der Waals surface area contributed by atoms with Crippen molar-refractivity contribution < 1.29 is 4.74 Å². The molecule has 1 aliphatic carbocycles. The number of imidazole rings is 1. The lowest BCUT2D eigenvalue weighted by Gasteiger charge is -2.25. The molecular formula is C16H21N3O. The van der Waals surface area contributed by atoms with Gasteiger partial charge in [0.2, 0.25) is 0 Å². The molecule has 2 aromatic rings. The molecule has 4 heteroatoms. The van der Waals surface area contributed by atoms with E-state index in [1.165, 1.54) is 30.4 Å². The van der Waals surface area contributed by atoms with Crippen molar-refractivity contribution in [1.82, 2.24) is 14.9 Å². The van der Waals surface area contributed by atoms with Crippen molar-refractivity contribution in [2.45, 2.75) is 31.8 Å². The third-order valence-electron chi connectivity index (χ3n) is 3.96. The second-order valence-corrected chi connectivity index (χ2v) is 5.24.